The molecule has 0 heterocycles. The molecule has 1 nitrogen and oxygen atoms in total. The molecule has 1 fully saturated rings. The molecule has 1 aliphatic carbocycles. The lowest BCUT2D eigenvalue weighted by Gasteiger charge is -2.08. The number of hydrogen-bond donors (Lipinski definition) is 1. The average molecular weight is 216 g/mol. The minimum Gasteiger partial charge on any atom is -0.325 e. The fourth-order valence-corrected chi connectivity index (χ4v) is 1.89. The maximum Gasteiger partial charge on any atom is 0.126 e. The van der Waals surface area contributed by atoms with Gasteiger partial charge in [-0.15, -0.1) is 12.4 Å². The van der Waals surface area contributed by atoms with Crippen LogP contribution in [-0.2, 0) is 0 Å². The maximum atomic E-state index is 13.3. The largest absolute Gasteiger partial charge is 0.325 e. The summed E-state index contributed by atoms with van der Waals surface area (Å²) in [5, 5.41) is 0. The molecule has 14 heavy (non-hydrogen) atoms. The van der Waals surface area contributed by atoms with Gasteiger partial charge in [0.2, 0.25) is 0 Å². The van der Waals surface area contributed by atoms with Gasteiger partial charge in [0.15, 0.2) is 0 Å². The van der Waals surface area contributed by atoms with Gasteiger partial charge in [-0.25, -0.2) is 4.39 Å². The molecule has 0 unspecified atom stereocenters. The fourth-order valence-electron chi connectivity index (χ4n) is 1.89. The first-order chi connectivity index (χ1) is 6.17. The first-order valence-corrected chi connectivity index (χ1v) is 4.70. The molecule has 0 aliphatic heterocycles. The monoisotopic (exact) mass is 215 g/mol. The highest BCUT2D eigenvalue weighted by atomic mass is 35.5. The van der Waals surface area contributed by atoms with E-state index in [0.717, 1.165) is 18.4 Å². The minimum absolute atomic E-state index is 0. The molecule has 2 rings (SSSR count). The highest BCUT2D eigenvalue weighted by Crippen LogP contribution is 2.51. The summed E-state index contributed by atoms with van der Waals surface area (Å²) < 4.78 is 13.3. The molecular formula is C11H15ClFN. The molecule has 1 aliphatic rings. The van der Waals surface area contributed by atoms with Crippen molar-refractivity contribution in [1.29, 1.82) is 0 Å². The van der Waals surface area contributed by atoms with Crippen LogP contribution >= 0.6 is 12.4 Å². The van der Waals surface area contributed by atoms with Crippen LogP contribution in [0.25, 0.3) is 0 Å². The predicted molar refractivity (Wildman–Crippen MR) is 58.2 cm³/mol. The van der Waals surface area contributed by atoms with E-state index in [0.29, 0.717) is 0 Å². The zero-order valence-electron chi connectivity index (χ0n) is 8.16. The zero-order valence-corrected chi connectivity index (χ0v) is 8.98. The molecule has 1 aromatic rings. The first kappa shape index (κ1) is 11.5. The number of halogens is 2. The van der Waals surface area contributed by atoms with Crippen molar-refractivity contribution < 1.29 is 4.39 Å². The first-order valence-electron chi connectivity index (χ1n) is 4.70. The molecule has 2 atom stereocenters. The Bertz CT molecular complexity index is 329. The van der Waals surface area contributed by atoms with E-state index in [2.05, 4.69) is 6.92 Å². The highest BCUT2D eigenvalue weighted by molar-refractivity contribution is 5.85. The molecule has 78 valence electrons. The van der Waals surface area contributed by atoms with Crippen LogP contribution in [0.2, 0.25) is 0 Å². The third kappa shape index (κ3) is 1.77. The van der Waals surface area contributed by atoms with Crippen LogP contribution in [0.5, 0.6) is 0 Å². The van der Waals surface area contributed by atoms with E-state index in [1.54, 1.807) is 6.07 Å². The van der Waals surface area contributed by atoms with Gasteiger partial charge in [0.25, 0.3) is 0 Å². The number of rotatable bonds is 2. The second-order valence-corrected chi connectivity index (χ2v) is 3.86. The molecule has 0 spiro atoms. The smallest absolute Gasteiger partial charge is 0.126 e. The van der Waals surface area contributed by atoms with E-state index in [9.17, 15) is 4.39 Å². The van der Waals surface area contributed by atoms with E-state index in [1.807, 2.05) is 12.1 Å². The van der Waals surface area contributed by atoms with Crippen molar-refractivity contribution in [2.24, 2.45) is 5.73 Å². The van der Waals surface area contributed by atoms with E-state index >= 15 is 0 Å². The summed E-state index contributed by atoms with van der Waals surface area (Å²) in [5.74, 6) is 0.118. The molecule has 0 radical (unpaired) electrons. The van der Waals surface area contributed by atoms with Crippen LogP contribution in [0.15, 0.2) is 24.3 Å². The average Bonchev–Trinajstić information content (AvgIpc) is 2.80. The van der Waals surface area contributed by atoms with Crippen LogP contribution < -0.4 is 5.73 Å². The van der Waals surface area contributed by atoms with Gasteiger partial charge in [-0.2, -0.15) is 0 Å². The van der Waals surface area contributed by atoms with E-state index in [4.69, 9.17) is 5.73 Å². The van der Waals surface area contributed by atoms with Gasteiger partial charge in [-0.3, -0.25) is 0 Å². The molecule has 1 aromatic carbocycles. The van der Waals surface area contributed by atoms with Crippen LogP contribution in [0.4, 0.5) is 4.39 Å². The van der Waals surface area contributed by atoms with Crippen molar-refractivity contribution in [3.8, 4) is 0 Å². The lowest BCUT2D eigenvalue weighted by atomic mass is 10.0. The van der Waals surface area contributed by atoms with Gasteiger partial charge in [-0.1, -0.05) is 25.1 Å². The van der Waals surface area contributed by atoms with Crippen molar-refractivity contribution in [2.45, 2.75) is 31.2 Å². The number of benzene rings is 1. The van der Waals surface area contributed by atoms with Crippen molar-refractivity contribution in [1.82, 2.24) is 0 Å². The SMILES string of the molecule is CC[C@]1(N)C[C@@H]1c1ccccc1F.Cl. The second kappa shape index (κ2) is 3.87. The number of hydrogen-bond acceptors (Lipinski definition) is 1. The van der Waals surface area contributed by atoms with E-state index < -0.39 is 0 Å². The molecule has 0 amide bonds. The summed E-state index contributed by atoms with van der Waals surface area (Å²) in [7, 11) is 0. The Morgan fingerprint density at radius 3 is 2.64 bits per heavy atom. The molecule has 0 saturated heterocycles. The van der Waals surface area contributed by atoms with Gasteiger partial charge in [-0.05, 0) is 24.5 Å². The normalized spacial score (nSPS) is 29.5. The molecule has 3 heteroatoms. The lowest BCUT2D eigenvalue weighted by Crippen LogP contribution is -2.23. The quantitative estimate of drug-likeness (QED) is 0.807. The second-order valence-electron chi connectivity index (χ2n) is 3.86. The van der Waals surface area contributed by atoms with Gasteiger partial charge in [0.1, 0.15) is 5.82 Å². The zero-order chi connectivity index (χ0) is 9.47. The third-order valence-corrected chi connectivity index (χ3v) is 3.06. The van der Waals surface area contributed by atoms with Crippen molar-refractivity contribution >= 4 is 12.4 Å². The molecule has 0 bridgehead atoms. The molecule has 1 saturated carbocycles. The van der Waals surface area contributed by atoms with Crippen molar-refractivity contribution in [3.05, 3.63) is 35.6 Å². The van der Waals surface area contributed by atoms with Crippen molar-refractivity contribution in [3.63, 3.8) is 0 Å². The summed E-state index contributed by atoms with van der Waals surface area (Å²) in [4.78, 5) is 0. The van der Waals surface area contributed by atoms with Crippen molar-refractivity contribution in [2.75, 3.05) is 0 Å². The Morgan fingerprint density at radius 2 is 2.14 bits per heavy atom. The minimum atomic E-state index is -0.137. The fraction of sp³-hybridized carbons (Fsp3) is 0.455. The number of nitrogens with two attached hydrogens (primary N) is 1. The molecular weight excluding hydrogens is 201 g/mol. The maximum absolute atomic E-state index is 13.3. The van der Waals surface area contributed by atoms with Crippen LogP contribution in [0.3, 0.4) is 0 Å². The Hall–Kier alpha value is -0.600. The summed E-state index contributed by atoms with van der Waals surface area (Å²) in [5.41, 5.74) is 6.67. The summed E-state index contributed by atoms with van der Waals surface area (Å²) in [6.07, 6.45) is 1.84. The molecule has 0 aromatic heterocycles. The molecule has 2 N–H and O–H groups in total. The Morgan fingerprint density at radius 1 is 1.50 bits per heavy atom. The lowest BCUT2D eigenvalue weighted by molar-refractivity contribution is 0.583. The van der Waals surface area contributed by atoms with Gasteiger partial charge in [0, 0.05) is 11.5 Å². The van der Waals surface area contributed by atoms with Crippen LogP contribution in [0.1, 0.15) is 31.2 Å². The standard InChI is InChI=1S/C11H14FN.ClH/c1-2-11(13)7-9(11)8-5-3-4-6-10(8)12;/h3-6,9H,2,7,13H2,1H3;1H/t9-,11+;/m1./s1. The van der Waals surface area contributed by atoms with Gasteiger partial charge in [0.05, 0.1) is 0 Å². The summed E-state index contributed by atoms with van der Waals surface area (Å²) in [6, 6.07) is 6.92. The predicted octanol–water partition coefficient (Wildman–Crippen LogP) is 2.84. The Kier molecular flexibility index (Phi) is 3.17. The topological polar surface area (TPSA) is 26.0 Å². The van der Waals surface area contributed by atoms with Gasteiger partial charge < -0.3 is 5.73 Å². The highest BCUT2D eigenvalue weighted by Gasteiger charge is 2.50. The Balaban J connectivity index is 0.000000980. The van der Waals surface area contributed by atoms with Crippen LogP contribution in [0, 0.1) is 5.82 Å². The summed E-state index contributed by atoms with van der Waals surface area (Å²) >= 11 is 0. The van der Waals surface area contributed by atoms with E-state index in [-0.39, 0.29) is 29.7 Å². The Labute approximate surface area is 89.9 Å². The van der Waals surface area contributed by atoms with Gasteiger partial charge >= 0.3 is 0 Å². The van der Waals surface area contributed by atoms with Crippen LogP contribution in [-0.4, -0.2) is 5.54 Å². The van der Waals surface area contributed by atoms with E-state index in [1.165, 1.54) is 6.07 Å². The third-order valence-electron chi connectivity index (χ3n) is 3.06. The summed E-state index contributed by atoms with van der Waals surface area (Å²) in [6.45, 7) is 2.06.